The van der Waals surface area contributed by atoms with Crippen molar-refractivity contribution in [2.75, 3.05) is 0 Å². The van der Waals surface area contributed by atoms with E-state index >= 15 is 0 Å². The zero-order valence-electron chi connectivity index (χ0n) is 10.6. The smallest absolute Gasteiger partial charge is 0.0414 e. The van der Waals surface area contributed by atoms with E-state index in [2.05, 4.69) is 43.6 Å². The van der Waals surface area contributed by atoms with Gasteiger partial charge in [-0.1, -0.05) is 26.8 Å². The molecule has 0 amide bonds. The van der Waals surface area contributed by atoms with Gasteiger partial charge >= 0.3 is 0 Å². The monoisotopic (exact) mass is 237 g/mol. The zero-order valence-corrected chi connectivity index (χ0v) is 11.4. The Morgan fingerprint density at radius 3 is 2.69 bits per heavy atom. The number of nitrogens with one attached hydrogen (secondary N) is 1. The molecule has 0 bridgehead atoms. The van der Waals surface area contributed by atoms with Crippen LogP contribution in [0.1, 0.15) is 51.0 Å². The van der Waals surface area contributed by atoms with Crippen LogP contribution in [0.15, 0.2) is 17.5 Å². The largest absolute Gasteiger partial charge is 0.306 e. The maximum Gasteiger partial charge on any atom is 0.0414 e. The summed E-state index contributed by atoms with van der Waals surface area (Å²) in [6.07, 6.45) is 3.95. The summed E-state index contributed by atoms with van der Waals surface area (Å²) >= 11 is 1.88. The van der Waals surface area contributed by atoms with Crippen molar-refractivity contribution >= 4 is 11.3 Å². The highest BCUT2D eigenvalue weighted by Gasteiger charge is 2.32. The van der Waals surface area contributed by atoms with Gasteiger partial charge in [-0.2, -0.15) is 0 Å². The van der Waals surface area contributed by atoms with Crippen molar-refractivity contribution in [2.45, 2.75) is 52.1 Å². The summed E-state index contributed by atoms with van der Waals surface area (Å²) in [5, 5.41) is 5.98. The number of rotatable bonds is 5. The van der Waals surface area contributed by atoms with E-state index in [4.69, 9.17) is 0 Å². The normalized spacial score (nSPS) is 26.8. The Morgan fingerprint density at radius 2 is 2.19 bits per heavy atom. The lowest BCUT2D eigenvalue weighted by Gasteiger charge is -2.40. The molecule has 1 heterocycles. The summed E-state index contributed by atoms with van der Waals surface area (Å²) in [5.74, 6) is 1.82. The van der Waals surface area contributed by atoms with E-state index in [1.807, 2.05) is 11.3 Å². The van der Waals surface area contributed by atoms with Crippen molar-refractivity contribution in [3.05, 3.63) is 22.4 Å². The molecule has 16 heavy (non-hydrogen) atoms. The number of thiophene rings is 1. The van der Waals surface area contributed by atoms with Gasteiger partial charge in [-0.25, -0.2) is 0 Å². The minimum atomic E-state index is 0.582. The van der Waals surface area contributed by atoms with Gasteiger partial charge in [0.1, 0.15) is 0 Å². The van der Waals surface area contributed by atoms with E-state index in [1.165, 1.54) is 24.1 Å². The van der Waals surface area contributed by atoms with E-state index in [1.54, 1.807) is 0 Å². The molecule has 2 rings (SSSR count). The highest BCUT2D eigenvalue weighted by Crippen LogP contribution is 2.35. The Kier molecular flexibility index (Phi) is 4.04. The molecule has 1 atom stereocenters. The van der Waals surface area contributed by atoms with Crippen molar-refractivity contribution in [3.8, 4) is 0 Å². The SMILES string of the molecule is CCC(NC1CC(C(C)C)C1)c1cccs1. The van der Waals surface area contributed by atoms with Crippen LogP contribution in [0.4, 0.5) is 0 Å². The molecule has 1 nitrogen and oxygen atoms in total. The van der Waals surface area contributed by atoms with Crippen LogP contribution in [0.2, 0.25) is 0 Å². The molecule has 0 aromatic carbocycles. The first kappa shape index (κ1) is 12.1. The van der Waals surface area contributed by atoms with E-state index in [0.29, 0.717) is 6.04 Å². The Labute approximate surface area is 103 Å². The molecule has 0 aliphatic heterocycles. The maximum absolute atomic E-state index is 3.80. The molecule has 1 unspecified atom stereocenters. The van der Waals surface area contributed by atoms with Gasteiger partial charge in [0.2, 0.25) is 0 Å². The molecule has 0 spiro atoms. The molecule has 0 radical (unpaired) electrons. The zero-order chi connectivity index (χ0) is 11.5. The summed E-state index contributed by atoms with van der Waals surface area (Å²) in [7, 11) is 0. The molecule has 1 aromatic rings. The summed E-state index contributed by atoms with van der Waals surface area (Å²) in [6, 6.07) is 5.75. The highest BCUT2D eigenvalue weighted by molar-refractivity contribution is 7.10. The van der Waals surface area contributed by atoms with Crippen LogP contribution in [-0.4, -0.2) is 6.04 Å². The predicted molar refractivity (Wildman–Crippen MR) is 71.8 cm³/mol. The van der Waals surface area contributed by atoms with Crippen LogP contribution in [-0.2, 0) is 0 Å². The van der Waals surface area contributed by atoms with E-state index < -0.39 is 0 Å². The standard InChI is InChI=1S/C14H23NS/c1-4-13(14-6-5-7-16-14)15-12-8-11(9-12)10(2)3/h5-7,10-13,15H,4,8-9H2,1-3H3. The Hall–Kier alpha value is -0.340. The van der Waals surface area contributed by atoms with Crippen molar-refractivity contribution in [3.63, 3.8) is 0 Å². The Bertz CT molecular complexity index is 299. The third kappa shape index (κ3) is 2.67. The topological polar surface area (TPSA) is 12.0 Å². The lowest BCUT2D eigenvalue weighted by Crippen LogP contribution is -2.44. The van der Waals surface area contributed by atoms with Crippen molar-refractivity contribution < 1.29 is 0 Å². The molecule has 0 saturated heterocycles. The van der Waals surface area contributed by atoms with Gasteiger partial charge in [0.25, 0.3) is 0 Å². The second-order valence-electron chi connectivity index (χ2n) is 5.32. The van der Waals surface area contributed by atoms with Crippen LogP contribution >= 0.6 is 11.3 Å². The Morgan fingerprint density at radius 1 is 1.44 bits per heavy atom. The summed E-state index contributed by atoms with van der Waals surface area (Å²) in [4.78, 5) is 1.50. The average molecular weight is 237 g/mol. The van der Waals surface area contributed by atoms with Gasteiger partial charge in [0, 0.05) is 17.0 Å². The summed E-state index contributed by atoms with van der Waals surface area (Å²) < 4.78 is 0. The number of hydrogen-bond acceptors (Lipinski definition) is 2. The molecular formula is C14H23NS. The predicted octanol–water partition coefficient (Wildman–Crippen LogP) is 4.22. The van der Waals surface area contributed by atoms with Gasteiger partial charge in [-0.15, -0.1) is 11.3 Å². The molecule has 1 aromatic heterocycles. The average Bonchev–Trinajstić information content (AvgIpc) is 2.68. The van der Waals surface area contributed by atoms with Crippen molar-refractivity contribution in [1.82, 2.24) is 5.32 Å². The fourth-order valence-corrected chi connectivity index (χ4v) is 3.39. The van der Waals surface area contributed by atoms with Crippen LogP contribution in [0.25, 0.3) is 0 Å². The van der Waals surface area contributed by atoms with Crippen LogP contribution in [0, 0.1) is 11.8 Å². The van der Waals surface area contributed by atoms with Gasteiger partial charge in [-0.3, -0.25) is 0 Å². The lowest BCUT2D eigenvalue weighted by molar-refractivity contribution is 0.156. The molecule has 2 heteroatoms. The van der Waals surface area contributed by atoms with E-state index in [0.717, 1.165) is 17.9 Å². The van der Waals surface area contributed by atoms with Crippen molar-refractivity contribution in [1.29, 1.82) is 0 Å². The molecule has 1 aliphatic carbocycles. The van der Waals surface area contributed by atoms with Crippen molar-refractivity contribution in [2.24, 2.45) is 11.8 Å². The highest BCUT2D eigenvalue weighted by atomic mass is 32.1. The molecule has 1 saturated carbocycles. The third-order valence-electron chi connectivity index (χ3n) is 3.85. The third-order valence-corrected chi connectivity index (χ3v) is 4.84. The van der Waals surface area contributed by atoms with Crippen LogP contribution in [0.3, 0.4) is 0 Å². The first-order valence-corrected chi connectivity index (χ1v) is 7.38. The van der Waals surface area contributed by atoms with Gasteiger partial charge in [0.05, 0.1) is 0 Å². The molecule has 1 fully saturated rings. The fourth-order valence-electron chi connectivity index (χ4n) is 2.52. The molecule has 90 valence electrons. The summed E-state index contributed by atoms with van der Waals surface area (Å²) in [6.45, 7) is 6.96. The maximum atomic E-state index is 3.80. The molecular weight excluding hydrogens is 214 g/mol. The minimum Gasteiger partial charge on any atom is -0.306 e. The fraction of sp³-hybridized carbons (Fsp3) is 0.714. The first-order valence-electron chi connectivity index (χ1n) is 6.50. The van der Waals surface area contributed by atoms with Crippen LogP contribution in [0.5, 0.6) is 0 Å². The van der Waals surface area contributed by atoms with E-state index in [9.17, 15) is 0 Å². The van der Waals surface area contributed by atoms with Gasteiger partial charge in [-0.05, 0) is 42.5 Å². The van der Waals surface area contributed by atoms with Crippen LogP contribution < -0.4 is 5.32 Å². The quantitative estimate of drug-likeness (QED) is 0.808. The lowest BCUT2D eigenvalue weighted by atomic mass is 9.73. The molecule has 1 N–H and O–H groups in total. The molecule has 1 aliphatic rings. The second kappa shape index (κ2) is 5.33. The van der Waals surface area contributed by atoms with Gasteiger partial charge < -0.3 is 5.32 Å². The second-order valence-corrected chi connectivity index (χ2v) is 6.29. The van der Waals surface area contributed by atoms with E-state index in [-0.39, 0.29) is 0 Å². The summed E-state index contributed by atoms with van der Waals surface area (Å²) in [5.41, 5.74) is 0. The first-order chi connectivity index (χ1) is 7.70. The number of hydrogen-bond donors (Lipinski definition) is 1. The minimum absolute atomic E-state index is 0.582. The van der Waals surface area contributed by atoms with Gasteiger partial charge in [0.15, 0.2) is 0 Å². The Balaban J connectivity index is 1.81.